The number of carboxylic acids is 1. The molecule has 2 rings (SSSR count). The summed E-state index contributed by atoms with van der Waals surface area (Å²) in [7, 11) is 1.64. The predicted molar refractivity (Wildman–Crippen MR) is 79.3 cm³/mol. The Bertz CT molecular complexity index is 463. The highest BCUT2D eigenvalue weighted by atomic mass is 16.5. The Morgan fingerprint density at radius 1 is 1.29 bits per heavy atom. The quantitative estimate of drug-likeness (QED) is 0.737. The second kappa shape index (κ2) is 8.12. The number of hydrogen-bond donors (Lipinski definition) is 1. The fourth-order valence-corrected chi connectivity index (χ4v) is 2.67. The lowest BCUT2D eigenvalue weighted by molar-refractivity contribution is -0.144. The van der Waals surface area contributed by atoms with Crippen molar-refractivity contribution < 1.29 is 19.4 Å². The molecule has 1 aliphatic rings. The Morgan fingerprint density at radius 3 is 2.76 bits per heavy atom. The van der Waals surface area contributed by atoms with E-state index < -0.39 is 12.0 Å². The van der Waals surface area contributed by atoms with Crippen LogP contribution in [0.2, 0.25) is 0 Å². The SMILES string of the molecule is COCCOCCCN1Cc2ccccc2C[C@H]1C(=O)O. The first-order chi connectivity index (χ1) is 10.2. The number of carbonyl (C=O) groups is 1. The van der Waals surface area contributed by atoms with Crippen molar-refractivity contribution in [1.82, 2.24) is 4.90 Å². The number of fused-ring (bicyclic) bond motifs is 1. The molecule has 21 heavy (non-hydrogen) atoms. The van der Waals surface area contributed by atoms with E-state index >= 15 is 0 Å². The van der Waals surface area contributed by atoms with Crippen LogP contribution in [-0.4, -0.2) is 55.5 Å². The van der Waals surface area contributed by atoms with Gasteiger partial charge in [-0.25, -0.2) is 0 Å². The van der Waals surface area contributed by atoms with Crippen LogP contribution < -0.4 is 0 Å². The summed E-state index contributed by atoms with van der Waals surface area (Å²) in [6.45, 7) is 3.24. The third-order valence-electron chi connectivity index (χ3n) is 3.80. The van der Waals surface area contributed by atoms with Crippen molar-refractivity contribution in [2.45, 2.75) is 25.4 Å². The first-order valence-electron chi connectivity index (χ1n) is 7.32. The van der Waals surface area contributed by atoms with Crippen LogP contribution in [0.5, 0.6) is 0 Å². The van der Waals surface area contributed by atoms with Crippen molar-refractivity contribution in [1.29, 1.82) is 0 Å². The summed E-state index contributed by atoms with van der Waals surface area (Å²) in [5.41, 5.74) is 2.38. The van der Waals surface area contributed by atoms with Gasteiger partial charge in [0.05, 0.1) is 13.2 Å². The maximum absolute atomic E-state index is 11.5. The third-order valence-corrected chi connectivity index (χ3v) is 3.80. The molecule has 0 fully saturated rings. The highest BCUT2D eigenvalue weighted by Crippen LogP contribution is 2.23. The largest absolute Gasteiger partial charge is 0.480 e. The molecule has 1 aromatic rings. The Balaban J connectivity index is 1.87. The summed E-state index contributed by atoms with van der Waals surface area (Å²) in [6, 6.07) is 7.65. The molecular weight excluding hydrogens is 270 g/mol. The van der Waals surface area contributed by atoms with Gasteiger partial charge >= 0.3 is 5.97 Å². The van der Waals surface area contributed by atoms with E-state index in [0.717, 1.165) is 18.5 Å². The molecule has 0 bridgehead atoms. The monoisotopic (exact) mass is 293 g/mol. The molecule has 1 heterocycles. The van der Waals surface area contributed by atoms with Gasteiger partial charge in [-0.1, -0.05) is 24.3 Å². The van der Waals surface area contributed by atoms with E-state index in [2.05, 4.69) is 6.07 Å². The van der Waals surface area contributed by atoms with Crippen LogP contribution in [0, 0.1) is 0 Å². The molecule has 0 aromatic heterocycles. The average molecular weight is 293 g/mol. The lowest BCUT2D eigenvalue weighted by Crippen LogP contribution is -2.46. The van der Waals surface area contributed by atoms with Crippen LogP contribution in [0.3, 0.4) is 0 Å². The Morgan fingerprint density at radius 2 is 2.05 bits per heavy atom. The van der Waals surface area contributed by atoms with E-state index in [-0.39, 0.29) is 0 Å². The van der Waals surface area contributed by atoms with Crippen LogP contribution in [0.4, 0.5) is 0 Å². The maximum Gasteiger partial charge on any atom is 0.321 e. The second-order valence-corrected chi connectivity index (χ2v) is 5.26. The highest BCUT2D eigenvalue weighted by Gasteiger charge is 2.30. The standard InChI is InChI=1S/C16H23NO4/c1-20-9-10-21-8-4-7-17-12-14-6-3-2-5-13(14)11-15(17)16(18)19/h2-3,5-6,15H,4,7-12H2,1H3,(H,18,19)/t15-/m0/s1. The van der Waals surface area contributed by atoms with E-state index in [0.29, 0.717) is 32.8 Å². The van der Waals surface area contributed by atoms with Gasteiger partial charge in [0, 0.05) is 26.8 Å². The summed E-state index contributed by atoms with van der Waals surface area (Å²) >= 11 is 0. The van der Waals surface area contributed by atoms with Gasteiger partial charge in [-0.15, -0.1) is 0 Å². The molecule has 0 amide bonds. The van der Waals surface area contributed by atoms with E-state index in [9.17, 15) is 9.90 Å². The van der Waals surface area contributed by atoms with Crippen LogP contribution in [0.25, 0.3) is 0 Å². The van der Waals surface area contributed by atoms with Gasteiger partial charge < -0.3 is 14.6 Å². The molecule has 0 saturated heterocycles. The van der Waals surface area contributed by atoms with Gasteiger partial charge in [0.15, 0.2) is 0 Å². The van der Waals surface area contributed by atoms with Gasteiger partial charge in [-0.2, -0.15) is 0 Å². The van der Waals surface area contributed by atoms with Crippen molar-refractivity contribution in [3.63, 3.8) is 0 Å². The molecule has 5 nitrogen and oxygen atoms in total. The van der Waals surface area contributed by atoms with Gasteiger partial charge in [0.2, 0.25) is 0 Å². The number of carboxylic acid groups (broad SMARTS) is 1. The number of methoxy groups -OCH3 is 1. The third kappa shape index (κ3) is 4.52. The minimum Gasteiger partial charge on any atom is -0.480 e. The number of nitrogens with zero attached hydrogens (tertiary/aromatic N) is 1. The summed E-state index contributed by atoms with van der Waals surface area (Å²) in [6.07, 6.45) is 1.41. The van der Waals surface area contributed by atoms with Crippen LogP contribution >= 0.6 is 0 Å². The highest BCUT2D eigenvalue weighted by molar-refractivity contribution is 5.74. The van der Waals surface area contributed by atoms with Gasteiger partial charge in [-0.3, -0.25) is 9.69 Å². The lowest BCUT2D eigenvalue weighted by atomic mass is 9.94. The number of aliphatic carboxylic acids is 1. The average Bonchev–Trinajstić information content (AvgIpc) is 2.49. The van der Waals surface area contributed by atoms with Crippen molar-refractivity contribution in [3.8, 4) is 0 Å². The fourth-order valence-electron chi connectivity index (χ4n) is 2.67. The van der Waals surface area contributed by atoms with E-state index in [4.69, 9.17) is 9.47 Å². The molecule has 0 unspecified atom stereocenters. The number of rotatable bonds is 8. The first-order valence-corrected chi connectivity index (χ1v) is 7.32. The Kier molecular flexibility index (Phi) is 6.17. The van der Waals surface area contributed by atoms with Crippen LogP contribution in [0.15, 0.2) is 24.3 Å². The maximum atomic E-state index is 11.5. The zero-order valence-corrected chi connectivity index (χ0v) is 12.5. The molecule has 1 aliphatic heterocycles. The second-order valence-electron chi connectivity index (χ2n) is 5.26. The summed E-state index contributed by atoms with van der Waals surface area (Å²) in [5, 5.41) is 9.42. The fraction of sp³-hybridized carbons (Fsp3) is 0.562. The van der Waals surface area contributed by atoms with Crippen molar-refractivity contribution in [2.24, 2.45) is 0 Å². The van der Waals surface area contributed by atoms with Crippen LogP contribution in [-0.2, 0) is 27.2 Å². The van der Waals surface area contributed by atoms with Crippen molar-refractivity contribution in [2.75, 3.05) is 33.5 Å². The van der Waals surface area contributed by atoms with Crippen LogP contribution in [0.1, 0.15) is 17.5 Å². The summed E-state index contributed by atoms with van der Waals surface area (Å²) < 4.78 is 10.3. The minimum absolute atomic E-state index is 0.432. The normalized spacial score (nSPS) is 18.4. The molecule has 1 aromatic carbocycles. The Labute approximate surface area is 125 Å². The zero-order valence-electron chi connectivity index (χ0n) is 12.5. The lowest BCUT2D eigenvalue weighted by Gasteiger charge is -2.34. The molecule has 0 radical (unpaired) electrons. The van der Waals surface area contributed by atoms with Gasteiger partial charge in [0.1, 0.15) is 6.04 Å². The summed E-state index contributed by atoms with van der Waals surface area (Å²) in [4.78, 5) is 13.5. The number of hydrogen-bond acceptors (Lipinski definition) is 4. The molecule has 116 valence electrons. The van der Waals surface area contributed by atoms with Crippen molar-refractivity contribution >= 4 is 5.97 Å². The molecule has 0 aliphatic carbocycles. The first kappa shape index (κ1) is 15.9. The van der Waals surface area contributed by atoms with Crippen molar-refractivity contribution in [3.05, 3.63) is 35.4 Å². The number of ether oxygens (including phenoxy) is 2. The molecule has 5 heteroatoms. The topological polar surface area (TPSA) is 59.0 Å². The molecule has 0 saturated carbocycles. The Hall–Kier alpha value is -1.43. The van der Waals surface area contributed by atoms with E-state index in [1.807, 2.05) is 23.1 Å². The predicted octanol–water partition coefficient (Wildman–Crippen LogP) is 1.55. The van der Waals surface area contributed by atoms with E-state index in [1.165, 1.54) is 5.56 Å². The minimum atomic E-state index is -0.746. The smallest absolute Gasteiger partial charge is 0.321 e. The number of benzene rings is 1. The zero-order chi connectivity index (χ0) is 15.1. The van der Waals surface area contributed by atoms with Gasteiger partial charge in [-0.05, 0) is 24.0 Å². The molecule has 1 N–H and O–H groups in total. The molecule has 0 spiro atoms. The molecule has 1 atom stereocenters. The summed E-state index contributed by atoms with van der Waals surface area (Å²) in [5.74, 6) is -0.746. The van der Waals surface area contributed by atoms with Gasteiger partial charge in [0.25, 0.3) is 0 Å². The van der Waals surface area contributed by atoms with E-state index in [1.54, 1.807) is 7.11 Å². The molecular formula is C16H23NO4.